The molecule has 0 atom stereocenters. The molecule has 0 radical (unpaired) electrons. The number of halogens is 3. The Balaban J connectivity index is 3.38. The highest BCUT2D eigenvalue weighted by Gasteiger charge is 2.32. The number of carbonyl (C=O) groups is 1. The first kappa shape index (κ1) is 13.8. The number of benzene rings is 1. The summed E-state index contributed by atoms with van der Waals surface area (Å²) in [5.41, 5.74) is -0.600. The lowest BCUT2D eigenvalue weighted by Crippen LogP contribution is -2.18. The van der Waals surface area contributed by atoms with Gasteiger partial charge >= 0.3 is 12.3 Å². The quantitative estimate of drug-likeness (QED) is 0.905. The summed E-state index contributed by atoms with van der Waals surface area (Å²) in [5.74, 6) is -2.08. The van der Waals surface area contributed by atoms with Crippen LogP contribution in [0.2, 0.25) is 0 Å². The van der Waals surface area contributed by atoms with Crippen LogP contribution in [0.1, 0.15) is 28.4 Å². The Morgan fingerprint density at radius 1 is 1.50 bits per heavy atom. The van der Waals surface area contributed by atoms with Crippen molar-refractivity contribution in [3.63, 3.8) is 0 Å². The Morgan fingerprint density at radius 3 is 2.50 bits per heavy atom. The van der Waals surface area contributed by atoms with Crippen LogP contribution in [0.25, 0.3) is 0 Å². The maximum Gasteiger partial charge on any atom is 0.573 e. The fourth-order valence-corrected chi connectivity index (χ4v) is 1.39. The third-order valence-corrected chi connectivity index (χ3v) is 2.16. The molecule has 0 bridgehead atoms. The second-order valence-electron chi connectivity index (χ2n) is 3.32. The van der Waals surface area contributed by atoms with Gasteiger partial charge in [0.05, 0.1) is 11.1 Å². The summed E-state index contributed by atoms with van der Waals surface area (Å²) in [6.45, 7) is 1.57. The van der Waals surface area contributed by atoms with Crippen LogP contribution < -0.4 is 4.74 Å². The largest absolute Gasteiger partial charge is 0.573 e. The van der Waals surface area contributed by atoms with E-state index in [4.69, 9.17) is 10.4 Å². The maximum absolute atomic E-state index is 12.1. The number of aromatic carboxylic acids is 1. The Bertz CT molecular complexity index is 517. The third-order valence-electron chi connectivity index (χ3n) is 2.16. The van der Waals surface area contributed by atoms with Gasteiger partial charge in [0.25, 0.3) is 0 Å². The SMILES string of the molecule is CCc1cc(C#N)c(C(=O)O)cc1OC(F)(F)F. The van der Waals surface area contributed by atoms with Gasteiger partial charge in [-0.05, 0) is 24.1 Å². The number of carboxylic acids is 1. The average molecular weight is 259 g/mol. The predicted molar refractivity (Wildman–Crippen MR) is 54.2 cm³/mol. The van der Waals surface area contributed by atoms with Crippen molar-refractivity contribution in [2.24, 2.45) is 0 Å². The highest BCUT2D eigenvalue weighted by molar-refractivity contribution is 5.91. The van der Waals surface area contributed by atoms with Gasteiger partial charge in [-0.1, -0.05) is 6.92 Å². The van der Waals surface area contributed by atoms with Crippen molar-refractivity contribution in [1.29, 1.82) is 5.26 Å². The van der Waals surface area contributed by atoms with Crippen LogP contribution >= 0.6 is 0 Å². The number of nitrogens with zero attached hydrogens (tertiary/aromatic N) is 1. The Kier molecular flexibility index (Phi) is 3.81. The van der Waals surface area contributed by atoms with Crippen molar-refractivity contribution in [2.45, 2.75) is 19.7 Å². The van der Waals surface area contributed by atoms with Crippen LogP contribution in [0, 0.1) is 11.3 Å². The lowest BCUT2D eigenvalue weighted by molar-refractivity contribution is -0.274. The zero-order valence-electron chi connectivity index (χ0n) is 9.21. The number of ether oxygens (including phenoxy) is 1. The highest BCUT2D eigenvalue weighted by Crippen LogP contribution is 2.29. The average Bonchev–Trinajstić information content (AvgIpc) is 2.26. The molecule has 7 heteroatoms. The van der Waals surface area contributed by atoms with Gasteiger partial charge in [0.2, 0.25) is 0 Å². The summed E-state index contributed by atoms with van der Waals surface area (Å²) >= 11 is 0. The fourth-order valence-electron chi connectivity index (χ4n) is 1.39. The van der Waals surface area contributed by atoms with Crippen LogP contribution in [-0.4, -0.2) is 17.4 Å². The van der Waals surface area contributed by atoms with Crippen molar-refractivity contribution in [3.8, 4) is 11.8 Å². The second kappa shape index (κ2) is 4.96. The van der Waals surface area contributed by atoms with E-state index in [0.717, 1.165) is 6.07 Å². The molecule has 4 nitrogen and oxygen atoms in total. The van der Waals surface area contributed by atoms with Gasteiger partial charge < -0.3 is 9.84 Å². The summed E-state index contributed by atoms with van der Waals surface area (Å²) < 4.78 is 40.2. The molecule has 0 heterocycles. The molecule has 0 saturated carbocycles. The van der Waals surface area contributed by atoms with E-state index in [1.54, 1.807) is 13.0 Å². The van der Waals surface area contributed by atoms with Gasteiger partial charge in [-0.15, -0.1) is 13.2 Å². The lowest BCUT2D eigenvalue weighted by Gasteiger charge is -2.13. The molecule has 1 aromatic carbocycles. The number of hydrogen-bond acceptors (Lipinski definition) is 3. The van der Waals surface area contributed by atoms with E-state index in [1.165, 1.54) is 0 Å². The number of nitriles is 1. The molecule has 0 fully saturated rings. The Hall–Kier alpha value is -2.23. The van der Waals surface area contributed by atoms with Crippen LogP contribution in [0.15, 0.2) is 12.1 Å². The van der Waals surface area contributed by atoms with E-state index in [0.29, 0.717) is 6.07 Å². The Labute approximate surface area is 100 Å². The van der Waals surface area contributed by atoms with E-state index in [9.17, 15) is 18.0 Å². The van der Waals surface area contributed by atoms with Crippen LogP contribution in [0.5, 0.6) is 5.75 Å². The summed E-state index contributed by atoms with van der Waals surface area (Å²) in [7, 11) is 0. The molecule has 0 amide bonds. The van der Waals surface area contributed by atoms with Crippen molar-refractivity contribution < 1.29 is 27.8 Å². The summed E-state index contributed by atoms with van der Waals surface area (Å²) in [6, 6.07) is 3.43. The Morgan fingerprint density at radius 2 is 2.11 bits per heavy atom. The number of alkyl halides is 3. The van der Waals surface area contributed by atoms with E-state index in [-0.39, 0.29) is 17.5 Å². The second-order valence-corrected chi connectivity index (χ2v) is 3.32. The van der Waals surface area contributed by atoms with Gasteiger partial charge in [0.15, 0.2) is 0 Å². The molecule has 0 spiro atoms. The molecule has 0 saturated heterocycles. The number of aryl methyl sites for hydroxylation is 1. The molecule has 18 heavy (non-hydrogen) atoms. The van der Waals surface area contributed by atoms with Gasteiger partial charge in [-0.25, -0.2) is 4.79 Å². The molecule has 0 aromatic heterocycles. The minimum Gasteiger partial charge on any atom is -0.478 e. The van der Waals surface area contributed by atoms with Crippen molar-refractivity contribution in [3.05, 3.63) is 28.8 Å². The highest BCUT2D eigenvalue weighted by atomic mass is 19.4. The first-order chi connectivity index (χ1) is 8.28. The van der Waals surface area contributed by atoms with Gasteiger partial charge in [0, 0.05) is 0 Å². The molecule has 0 aliphatic carbocycles. The van der Waals surface area contributed by atoms with Gasteiger partial charge in [0.1, 0.15) is 11.8 Å². The minimum absolute atomic E-state index is 0.119. The van der Waals surface area contributed by atoms with E-state index >= 15 is 0 Å². The zero-order chi connectivity index (χ0) is 13.9. The molecule has 96 valence electrons. The number of hydrogen-bond donors (Lipinski definition) is 1. The third kappa shape index (κ3) is 3.13. The predicted octanol–water partition coefficient (Wildman–Crippen LogP) is 2.72. The van der Waals surface area contributed by atoms with E-state index in [2.05, 4.69) is 4.74 Å². The normalized spacial score (nSPS) is 10.8. The number of rotatable bonds is 3. The van der Waals surface area contributed by atoms with E-state index < -0.39 is 23.6 Å². The molecule has 1 N–H and O–H groups in total. The standard InChI is InChI=1S/C11H8F3NO3/c1-2-6-3-7(5-15)8(10(16)17)4-9(6)18-11(12,13)14/h3-4H,2H2,1H3,(H,16,17). The summed E-state index contributed by atoms with van der Waals surface area (Å²) in [6.07, 6.45) is -4.73. The molecule has 0 aliphatic rings. The zero-order valence-corrected chi connectivity index (χ0v) is 9.21. The first-order valence-corrected chi connectivity index (χ1v) is 4.84. The van der Waals surface area contributed by atoms with Crippen LogP contribution in [-0.2, 0) is 6.42 Å². The van der Waals surface area contributed by atoms with Crippen LogP contribution in [0.3, 0.4) is 0 Å². The van der Waals surface area contributed by atoms with Gasteiger partial charge in [-0.2, -0.15) is 5.26 Å². The molecule has 1 rings (SSSR count). The molecule has 1 aromatic rings. The smallest absolute Gasteiger partial charge is 0.478 e. The van der Waals surface area contributed by atoms with E-state index in [1.807, 2.05) is 0 Å². The monoisotopic (exact) mass is 259 g/mol. The first-order valence-electron chi connectivity index (χ1n) is 4.84. The summed E-state index contributed by atoms with van der Waals surface area (Å²) in [4.78, 5) is 10.8. The molecular weight excluding hydrogens is 251 g/mol. The van der Waals surface area contributed by atoms with Gasteiger partial charge in [-0.3, -0.25) is 0 Å². The number of carboxylic acid groups (broad SMARTS) is 1. The van der Waals surface area contributed by atoms with Crippen molar-refractivity contribution >= 4 is 5.97 Å². The van der Waals surface area contributed by atoms with Crippen molar-refractivity contribution in [2.75, 3.05) is 0 Å². The topological polar surface area (TPSA) is 70.3 Å². The maximum atomic E-state index is 12.1. The molecule has 0 aliphatic heterocycles. The van der Waals surface area contributed by atoms with Crippen LogP contribution in [0.4, 0.5) is 13.2 Å². The molecule has 0 unspecified atom stereocenters. The fraction of sp³-hybridized carbons (Fsp3) is 0.273. The minimum atomic E-state index is -4.91. The van der Waals surface area contributed by atoms with Crippen molar-refractivity contribution in [1.82, 2.24) is 0 Å². The molecular formula is C11H8F3NO3. The summed E-state index contributed by atoms with van der Waals surface area (Å²) in [5, 5.41) is 17.5. The lowest BCUT2D eigenvalue weighted by atomic mass is 10.0.